The lowest BCUT2D eigenvalue weighted by Gasteiger charge is -2.70. The lowest BCUT2D eigenvalue weighted by Crippen LogP contribution is -2.82. The van der Waals surface area contributed by atoms with Gasteiger partial charge < -0.3 is 34.6 Å². The van der Waals surface area contributed by atoms with E-state index < -0.39 is 58.3 Å². The van der Waals surface area contributed by atoms with Crippen LogP contribution in [-0.2, 0) is 19.0 Å². The van der Waals surface area contributed by atoms with E-state index in [1.54, 1.807) is 14.2 Å². The van der Waals surface area contributed by atoms with E-state index in [-0.39, 0.29) is 30.5 Å². The van der Waals surface area contributed by atoms with E-state index in [4.69, 9.17) is 14.2 Å². The molecule has 4 N–H and O–H groups in total. The average molecular weight is 482 g/mol. The number of esters is 1. The monoisotopic (exact) mass is 481 g/mol. The molecule has 13 unspecified atom stereocenters. The van der Waals surface area contributed by atoms with E-state index in [0.29, 0.717) is 38.8 Å². The minimum Gasteiger partial charge on any atom is -0.462 e. The van der Waals surface area contributed by atoms with Crippen molar-refractivity contribution >= 4 is 5.97 Å². The SMILES string of the molecule is CCN1CC2(CO)CCC(O)C34C5CC6C(OC)CC(OC)(C5C6OC(C)=O)C(O)(C(O)C23)C14. The molecule has 6 aliphatic rings. The molecule has 0 aromatic rings. The summed E-state index contributed by atoms with van der Waals surface area (Å²) >= 11 is 0. The molecule has 5 saturated carbocycles. The fraction of sp³-hybridized carbons (Fsp3) is 0.960. The zero-order chi connectivity index (χ0) is 24.4. The molecule has 5 aliphatic carbocycles. The van der Waals surface area contributed by atoms with Crippen LogP contribution in [0, 0.1) is 34.5 Å². The molecule has 34 heavy (non-hydrogen) atoms. The van der Waals surface area contributed by atoms with Crippen molar-refractivity contribution < 1.29 is 39.4 Å². The van der Waals surface area contributed by atoms with Crippen molar-refractivity contribution in [1.82, 2.24) is 4.90 Å². The minimum atomic E-state index is -1.73. The van der Waals surface area contributed by atoms with Crippen LogP contribution in [0.4, 0.5) is 0 Å². The highest BCUT2D eigenvalue weighted by atomic mass is 16.6. The van der Waals surface area contributed by atoms with Crippen LogP contribution in [0.2, 0.25) is 0 Å². The number of likely N-dealkylation sites (N-methyl/N-ethyl adjacent to an activating group) is 1. The van der Waals surface area contributed by atoms with Crippen LogP contribution in [0.15, 0.2) is 0 Å². The van der Waals surface area contributed by atoms with Gasteiger partial charge in [-0.2, -0.15) is 0 Å². The van der Waals surface area contributed by atoms with E-state index in [1.807, 2.05) is 6.92 Å². The van der Waals surface area contributed by atoms with Gasteiger partial charge in [0.1, 0.15) is 17.3 Å². The number of ether oxygens (including phenoxy) is 3. The van der Waals surface area contributed by atoms with Crippen LogP contribution in [-0.4, -0.2) is 107 Å². The van der Waals surface area contributed by atoms with Crippen molar-refractivity contribution in [2.24, 2.45) is 34.5 Å². The molecule has 0 aromatic carbocycles. The summed E-state index contributed by atoms with van der Waals surface area (Å²) in [6, 6.07) is -0.534. The van der Waals surface area contributed by atoms with Crippen LogP contribution in [0.5, 0.6) is 0 Å². The number of piperidine rings is 1. The molecule has 0 amide bonds. The van der Waals surface area contributed by atoms with Crippen molar-refractivity contribution in [3.63, 3.8) is 0 Å². The summed E-state index contributed by atoms with van der Waals surface area (Å²) in [7, 11) is 3.19. The second-order valence-electron chi connectivity index (χ2n) is 12.0. The fourth-order valence-electron chi connectivity index (χ4n) is 10.8. The standard InChI is InChI=1S/C25H39NO8/c1-5-26-10-22(11-27)7-6-16(29)24-14-8-13-15(32-3)9-23(33-4,17(14)18(13)34-12(2)28)25(31,21(24)26)20(30)19(22)24/h13-21,27,29-31H,5-11H2,1-4H3. The fourth-order valence-corrected chi connectivity index (χ4v) is 10.8. The number of carbonyl (C=O) groups excluding carboxylic acids is 1. The topological polar surface area (TPSA) is 129 Å². The molecular weight excluding hydrogens is 442 g/mol. The van der Waals surface area contributed by atoms with Crippen molar-refractivity contribution in [1.29, 1.82) is 0 Å². The molecule has 6 rings (SSSR count). The molecule has 7 bridgehead atoms. The van der Waals surface area contributed by atoms with E-state index in [2.05, 4.69) is 4.90 Å². The lowest BCUT2D eigenvalue weighted by molar-refractivity contribution is -0.323. The quantitative estimate of drug-likeness (QED) is 0.385. The predicted octanol–water partition coefficient (Wildman–Crippen LogP) is -0.466. The Morgan fingerprint density at radius 2 is 1.97 bits per heavy atom. The first-order valence-electron chi connectivity index (χ1n) is 12.8. The van der Waals surface area contributed by atoms with Gasteiger partial charge in [-0.3, -0.25) is 9.69 Å². The lowest BCUT2D eigenvalue weighted by atomic mass is 9.42. The first-order chi connectivity index (χ1) is 16.1. The zero-order valence-corrected chi connectivity index (χ0v) is 20.5. The maximum Gasteiger partial charge on any atom is 0.302 e. The maximum atomic E-state index is 12.9. The highest BCUT2D eigenvalue weighted by Gasteiger charge is 2.91. The summed E-state index contributed by atoms with van der Waals surface area (Å²) in [5, 5.41) is 47.6. The van der Waals surface area contributed by atoms with Crippen LogP contribution < -0.4 is 0 Å². The summed E-state index contributed by atoms with van der Waals surface area (Å²) in [5.74, 6) is -1.52. The Morgan fingerprint density at radius 3 is 2.56 bits per heavy atom. The van der Waals surface area contributed by atoms with Gasteiger partial charge in [0.25, 0.3) is 0 Å². The Kier molecular flexibility index (Phi) is 4.96. The Labute approximate surface area is 200 Å². The molecule has 1 spiro atoms. The molecule has 9 nitrogen and oxygen atoms in total. The maximum absolute atomic E-state index is 12.9. The Balaban J connectivity index is 1.66. The first kappa shape index (κ1) is 23.6. The Morgan fingerprint density at radius 1 is 1.24 bits per heavy atom. The molecule has 0 aromatic heterocycles. The second kappa shape index (κ2) is 7.15. The van der Waals surface area contributed by atoms with Gasteiger partial charge in [0.2, 0.25) is 0 Å². The normalized spacial score (nSPS) is 59.2. The number of nitrogens with zero attached hydrogens (tertiary/aromatic N) is 1. The zero-order valence-electron chi connectivity index (χ0n) is 20.5. The van der Waals surface area contributed by atoms with Gasteiger partial charge in [-0.1, -0.05) is 6.92 Å². The van der Waals surface area contributed by atoms with Gasteiger partial charge >= 0.3 is 5.97 Å². The third-order valence-corrected chi connectivity index (χ3v) is 11.5. The summed E-state index contributed by atoms with van der Waals surface area (Å²) in [4.78, 5) is 14.4. The molecule has 9 heteroatoms. The Hall–Kier alpha value is -0.810. The number of aliphatic hydroxyl groups excluding tert-OH is 3. The number of methoxy groups -OCH3 is 2. The summed E-state index contributed by atoms with van der Waals surface area (Å²) in [6.07, 6.45) is -0.698. The molecule has 192 valence electrons. The number of hydrogen-bond acceptors (Lipinski definition) is 9. The van der Waals surface area contributed by atoms with Crippen molar-refractivity contribution in [2.45, 2.75) is 81.2 Å². The number of likely N-dealkylation sites (tertiary alicyclic amines) is 1. The Bertz CT molecular complexity index is 887. The van der Waals surface area contributed by atoms with Gasteiger partial charge in [-0.05, 0) is 31.7 Å². The largest absolute Gasteiger partial charge is 0.462 e. The van der Waals surface area contributed by atoms with E-state index in [0.717, 1.165) is 0 Å². The van der Waals surface area contributed by atoms with Crippen molar-refractivity contribution in [3.8, 4) is 0 Å². The third kappa shape index (κ3) is 2.18. The average Bonchev–Trinajstić information content (AvgIpc) is 3.18. The van der Waals surface area contributed by atoms with Gasteiger partial charge in [-0.15, -0.1) is 0 Å². The first-order valence-corrected chi connectivity index (χ1v) is 12.8. The number of rotatable bonds is 5. The third-order valence-electron chi connectivity index (χ3n) is 11.5. The molecule has 1 heterocycles. The van der Waals surface area contributed by atoms with Crippen molar-refractivity contribution in [2.75, 3.05) is 33.9 Å². The molecule has 13 atom stereocenters. The smallest absolute Gasteiger partial charge is 0.302 e. The van der Waals surface area contributed by atoms with E-state index in [9.17, 15) is 25.2 Å². The van der Waals surface area contributed by atoms with Crippen LogP contribution >= 0.6 is 0 Å². The minimum absolute atomic E-state index is 0.0879. The van der Waals surface area contributed by atoms with E-state index >= 15 is 0 Å². The molecule has 1 aliphatic heterocycles. The van der Waals surface area contributed by atoms with Gasteiger partial charge in [0.15, 0.2) is 0 Å². The highest BCUT2D eigenvalue weighted by molar-refractivity contribution is 5.66. The number of aliphatic hydroxyl groups is 4. The van der Waals surface area contributed by atoms with Crippen LogP contribution in [0.1, 0.15) is 39.5 Å². The highest BCUT2D eigenvalue weighted by Crippen LogP contribution is 2.80. The number of carbonyl (C=O) groups is 1. The summed E-state index contributed by atoms with van der Waals surface area (Å²) in [6.45, 7) is 4.48. The second-order valence-corrected chi connectivity index (χ2v) is 12.0. The molecule has 6 fully saturated rings. The number of fused-ring (bicyclic) bond motifs is 2. The molecular formula is C25H39NO8. The molecule has 1 saturated heterocycles. The van der Waals surface area contributed by atoms with Crippen molar-refractivity contribution in [3.05, 3.63) is 0 Å². The molecule has 0 radical (unpaired) electrons. The number of hydrogen-bond donors (Lipinski definition) is 4. The summed E-state index contributed by atoms with van der Waals surface area (Å²) in [5.41, 5.74) is -4.42. The van der Waals surface area contributed by atoms with Crippen LogP contribution in [0.3, 0.4) is 0 Å². The van der Waals surface area contributed by atoms with Gasteiger partial charge in [0, 0.05) is 62.7 Å². The van der Waals surface area contributed by atoms with Gasteiger partial charge in [0.05, 0.1) is 31.0 Å². The van der Waals surface area contributed by atoms with Gasteiger partial charge in [-0.25, -0.2) is 0 Å². The predicted molar refractivity (Wildman–Crippen MR) is 118 cm³/mol. The van der Waals surface area contributed by atoms with Crippen LogP contribution in [0.25, 0.3) is 0 Å². The summed E-state index contributed by atoms with van der Waals surface area (Å²) < 4.78 is 18.2. The van der Waals surface area contributed by atoms with E-state index in [1.165, 1.54) is 6.92 Å².